The summed E-state index contributed by atoms with van der Waals surface area (Å²) >= 11 is 4.19. The molecule has 2 nitrogen and oxygen atoms in total. The van der Waals surface area contributed by atoms with Crippen molar-refractivity contribution in [2.24, 2.45) is 0 Å². The number of hydrogen-bond acceptors (Lipinski definition) is 3. The number of carbonyl (C=O) groups is 1. The monoisotopic (exact) mass is 287 g/mol. The van der Waals surface area contributed by atoms with E-state index in [1.165, 1.54) is 6.42 Å². The Kier molecular flexibility index (Phi) is 6.06. The Hall–Kier alpha value is -1.35. The average Bonchev–Trinajstić information content (AvgIpc) is 2.47. The maximum Gasteiger partial charge on any atom is 0.137 e. The standard InChI is InChI=1S/C17H21NOS/c19-16(8-3-1-2-6-10-20)12-14-11-15-7-4-5-9-17(15)18-13-14/h4-5,7,9,11,13,20H,1-3,6,8,10,12H2. The zero-order valence-electron chi connectivity index (χ0n) is 11.7. The maximum absolute atomic E-state index is 11.9. The van der Waals surface area contributed by atoms with E-state index in [4.69, 9.17) is 0 Å². The van der Waals surface area contributed by atoms with Crippen molar-refractivity contribution in [2.75, 3.05) is 5.75 Å². The molecule has 1 aromatic carbocycles. The Bertz CT molecular complexity index is 568. The number of unbranched alkanes of at least 4 members (excludes halogenated alkanes) is 3. The summed E-state index contributed by atoms with van der Waals surface area (Å²) in [5.74, 6) is 1.25. The number of carbonyl (C=O) groups excluding carboxylic acids is 1. The second kappa shape index (κ2) is 8.05. The van der Waals surface area contributed by atoms with Crippen molar-refractivity contribution in [3.63, 3.8) is 0 Å². The minimum Gasteiger partial charge on any atom is -0.299 e. The Morgan fingerprint density at radius 2 is 1.90 bits per heavy atom. The molecule has 0 saturated carbocycles. The van der Waals surface area contributed by atoms with Crippen LogP contribution in [0.3, 0.4) is 0 Å². The number of nitrogens with zero attached hydrogens (tertiary/aromatic N) is 1. The fraction of sp³-hybridized carbons (Fsp3) is 0.412. The molecule has 0 unspecified atom stereocenters. The lowest BCUT2D eigenvalue weighted by Crippen LogP contribution is -2.03. The molecule has 2 rings (SSSR count). The molecule has 0 radical (unpaired) electrons. The summed E-state index contributed by atoms with van der Waals surface area (Å²) in [6.07, 6.45) is 7.45. The van der Waals surface area contributed by atoms with E-state index < -0.39 is 0 Å². The van der Waals surface area contributed by atoms with Crippen molar-refractivity contribution in [3.8, 4) is 0 Å². The summed E-state index contributed by atoms with van der Waals surface area (Å²) in [7, 11) is 0. The molecule has 0 spiro atoms. The molecule has 0 saturated heterocycles. The van der Waals surface area contributed by atoms with Gasteiger partial charge in [-0.3, -0.25) is 9.78 Å². The number of aromatic nitrogens is 1. The Morgan fingerprint density at radius 1 is 1.10 bits per heavy atom. The van der Waals surface area contributed by atoms with E-state index in [1.54, 1.807) is 0 Å². The highest BCUT2D eigenvalue weighted by Crippen LogP contribution is 2.14. The molecule has 0 amide bonds. The Balaban J connectivity index is 1.83. The first-order chi connectivity index (χ1) is 9.79. The smallest absolute Gasteiger partial charge is 0.137 e. The number of Topliss-reactive ketones (excluding diaryl/α,β-unsaturated/α-hetero) is 1. The Labute approximate surface area is 126 Å². The zero-order valence-corrected chi connectivity index (χ0v) is 12.6. The maximum atomic E-state index is 11.9. The Morgan fingerprint density at radius 3 is 2.75 bits per heavy atom. The summed E-state index contributed by atoms with van der Waals surface area (Å²) in [6, 6.07) is 10.1. The van der Waals surface area contributed by atoms with Gasteiger partial charge in [-0.25, -0.2) is 0 Å². The van der Waals surface area contributed by atoms with Gasteiger partial charge in [0, 0.05) is 24.4 Å². The molecule has 0 bridgehead atoms. The van der Waals surface area contributed by atoms with E-state index in [0.29, 0.717) is 18.6 Å². The molecule has 106 valence electrons. The molecule has 0 aliphatic carbocycles. The molecular formula is C17H21NOS. The predicted molar refractivity (Wildman–Crippen MR) is 87.4 cm³/mol. The van der Waals surface area contributed by atoms with Crippen LogP contribution in [0.1, 0.15) is 37.7 Å². The van der Waals surface area contributed by atoms with Crippen LogP contribution in [0.25, 0.3) is 10.9 Å². The lowest BCUT2D eigenvalue weighted by molar-refractivity contribution is -0.118. The lowest BCUT2D eigenvalue weighted by atomic mass is 10.0. The van der Waals surface area contributed by atoms with Crippen LogP contribution in [0, 0.1) is 0 Å². The zero-order chi connectivity index (χ0) is 14.2. The van der Waals surface area contributed by atoms with Crippen molar-refractivity contribution >= 4 is 29.3 Å². The number of para-hydroxylation sites is 1. The first kappa shape index (κ1) is 15.0. The van der Waals surface area contributed by atoms with Crippen LogP contribution in [0.2, 0.25) is 0 Å². The summed E-state index contributed by atoms with van der Waals surface area (Å²) in [6.45, 7) is 0. The van der Waals surface area contributed by atoms with Crippen molar-refractivity contribution < 1.29 is 4.79 Å². The minimum atomic E-state index is 0.313. The summed E-state index contributed by atoms with van der Waals surface area (Å²) in [4.78, 5) is 16.3. The number of rotatable bonds is 8. The molecule has 1 heterocycles. The first-order valence-corrected chi connectivity index (χ1v) is 7.89. The van der Waals surface area contributed by atoms with Gasteiger partial charge in [0.25, 0.3) is 0 Å². The van der Waals surface area contributed by atoms with Gasteiger partial charge in [0.15, 0.2) is 0 Å². The fourth-order valence-electron chi connectivity index (χ4n) is 2.32. The van der Waals surface area contributed by atoms with Crippen molar-refractivity contribution in [3.05, 3.63) is 42.1 Å². The number of benzene rings is 1. The van der Waals surface area contributed by atoms with Gasteiger partial charge < -0.3 is 0 Å². The van der Waals surface area contributed by atoms with Crippen molar-refractivity contribution in [2.45, 2.75) is 38.5 Å². The van der Waals surface area contributed by atoms with Crippen LogP contribution in [0.5, 0.6) is 0 Å². The van der Waals surface area contributed by atoms with Crippen LogP contribution in [0.4, 0.5) is 0 Å². The third-order valence-electron chi connectivity index (χ3n) is 3.41. The summed E-state index contributed by atoms with van der Waals surface area (Å²) in [5, 5.41) is 1.10. The van der Waals surface area contributed by atoms with Gasteiger partial charge in [-0.05, 0) is 36.3 Å². The number of ketones is 1. The largest absolute Gasteiger partial charge is 0.299 e. The molecule has 0 fully saturated rings. The number of pyridine rings is 1. The molecule has 3 heteroatoms. The minimum absolute atomic E-state index is 0.313. The number of hydrogen-bond donors (Lipinski definition) is 1. The summed E-state index contributed by atoms with van der Waals surface area (Å²) in [5.41, 5.74) is 2.00. The van der Waals surface area contributed by atoms with Gasteiger partial charge in [-0.1, -0.05) is 31.0 Å². The third kappa shape index (κ3) is 4.64. The molecule has 0 N–H and O–H groups in total. The fourth-order valence-corrected chi connectivity index (χ4v) is 2.54. The lowest BCUT2D eigenvalue weighted by Gasteiger charge is -2.03. The van der Waals surface area contributed by atoms with Crippen LogP contribution in [0.15, 0.2) is 36.5 Å². The second-order valence-electron chi connectivity index (χ2n) is 5.14. The van der Waals surface area contributed by atoms with E-state index >= 15 is 0 Å². The molecule has 2 aromatic rings. The highest BCUT2D eigenvalue weighted by Gasteiger charge is 2.05. The molecule has 0 aliphatic heterocycles. The third-order valence-corrected chi connectivity index (χ3v) is 3.73. The van der Waals surface area contributed by atoms with E-state index in [0.717, 1.165) is 41.5 Å². The second-order valence-corrected chi connectivity index (χ2v) is 5.59. The molecule has 20 heavy (non-hydrogen) atoms. The van der Waals surface area contributed by atoms with E-state index in [9.17, 15) is 4.79 Å². The van der Waals surface area contributed by atoms with Gasteiger partial charge in [-0.2, -0.15) is 12.6 Å². The molecule has 0 atom stereocenters. The topological polar surface area (TPSA) is 30.0 Å². The SMILES string of the molecule is O=C(CCCCCCS)Cc1cnc2ccccc2c1. The summed E-state index contributed by atoms with van der Waals surface area (Å²) < 4.78 is 0. The van der Waals surface area contributed by atoms with Gasteiger partial charge >= 0.3 is 0 Å². The van der Waals surface area contributed by atoms with E-state index in [-0.39, 0.29) is 0 Å². The quantitative estimate of drug-likeness (QED) is 0.582. The van der Waals surface area contributed by atoms with Crippen LogP contribution in [-0.2, 0) is 11.2 Å². The first-order valence-electron chi connectivity index (χ1n) is 7.26. The predicted octanol–water partition coefficient (Wildman–Crippen LogP) is 4.23. The van der Waals surface area contributed by atoms with Crippen molar-refractivity contribution in [1.29, 1.82) is 0 Å². The highest BCUT2D eigenvalue weighted by atomic mass is 32.1. The van der Waals surface area contributed by atoms with Gasteiger partial charge in [0.05, 0.1) is 5.52 Å². The van der Waals surface area contributed by atoms with Gasteiger partial charge in [0.2, 0.25) is 0 Å². The van der Waals surface area contributed by atoms with Gasteiger partial charge in [0.1, 0.15) is 5.78 Å². The number of thiol groups is 1. The van der Waals surface area contributed by atoms with Crippen LogP contribution >= 0.6 is 12.6 Å². The van der Waals surface area contributed by atoms with E-state index in [2.05, 4.69) is 23.7 Å². The highest BCUT2D eigenvalue weighted by molar-refractivity contribution is 7.80. The number of fused-ring (bicyclic) bond motifs is 1. The normalized spacial score (nSPS) is 10.8. The van der Waals surface area contributed by atoms with Crippen molar-refractivity contribution in [1.82, 2.24) is 4.98 Å². The molecular weight excluding hydrogens is 266 g/mol. The average molecular weight is 287 g/mol. The molecule has 0 aliphatic rings. The molecule has 1 aromatic heterocycles. The van der Waals surface area contributed by atoms with Crippen LogP contribution < -0.4 is 0 Å². The van der Waals surface area contributed by atoms with Gasteiger partial charge in [-0.15, -0.1) is 0 Å². The van der Waals surface area contributed by atoms with Crippen LogP contribution in [-0.4, -0.2) is 16.5 Å². The van der Waals surface area contributed by atoms with E-state index in [1.807, 2.05) is 30.5 Å².